The molecule has 0 saturated heterocycles. The number of hydrogen-bond acceptors (Lipinski definition) is 3. The zero-order valence-electron chi connectivity index (χ0n) is 16.5. The highest BCUT2D eigenvalue weighted by atomic mass is 16.5. The molecule has 1 unspecified atom stereocenters. The Kier molecular flexibility index (Phi) is 5.52. The zero-order valence-corrected chi connectivity index (χ0v) is 16.5. The van der Waals surface area contributed by atoms with E-state index in [9.17, 15) is 9.90 Å². The minimum Gasteiger partial charge on any atom is -0.508 e. The van der Waals surface area contributed by atoms with Gasteiger partial charge in [0.1, 0.15) is 12.4 Å². The summed E-state index contributed by atoms with van der Waals surface area (Å²) in [5, 5.41) is 12.4. The van der Waals surface area contributed by atoms with Gasteiger partial charge in [0.2, 0.25) is 0 Å². The number of fused-ring (bicyclic) bond motifs is 3. The summed E-state index contributed by atoms with van der Waals surface area (Å²) >= 11 is 0. The number of hydrogen-bond donors (Lipinski definition) is 2. The number of phenols is 1. The van der Waals surface area contributed by atoms with E-state index in [1.807, 2.05) is 43.3 Å². The molecule has 0 bridgehead atoms. The second-order valence-electron chi connectivity index (χ2n) is 7.45. The molecule has 3 aromatic rings. The highest BCUT2D eigenvalue weighted by Gasteiger charge is 2.29. The van der Waals surface area contributed by atoms with Crippen LogP contribution < -0.4 is 5.32 Å². The normalized spacial score (nSPS) is 13.4. The summed E-state index contributed by atoms with van der Waals surface area (Å²) in [6, 6.07) is 23.7. The minimum atomic E-state index is -0.391. The smallest absolute Gasteiger partial charge is 0.407 e. The van der Waals surface area contributed by atoms with E-state index >= 15 is 0 Å². The Bertz CT molecular complexity index is 951. The van der Waals surface area contributed by atoms with Crippen molar-refractivity contribution in [3.05, 3.63) is 89.5 Å². The van der Waals surface area contributed by atoms with Crippen molar-refractivity contribution in [1.29, 1.82) is 0 Å². The molecule has 2 N–H and O–H groups in total. The van der Waals surface area contributed by atoms with E-state index in [0.29, 0.717) is 13.0 Å². The molecular formula is C25H25NO3. The average Bonchev–Trinajstić information content (AvgIpc) is 3.07. The van der Waals surface area contributed by atoms with Crippen LogP contribution in [0.4, 0.5) is 4.79 Å². The number of ether oxygens (including phenoxy) is 1. The predicted molar refractivity (Wildman–Crippen MR) is 114 cm³/mol. The summed E-state index contributed by atoms with van der Waals surface area (Å²) in [5.41, 5.74) is 5.91. The fourth-order valence-corrected chi connectivity index (χ4v) is 4.02. The maximum atomic E-state index is 12.5. The number of carbonyl (C=O) groups is 1. The molecule has 0 heterocycles. The summed E-state index contributed by atoms with van der Waals surface area (Å²) in [6.07, 6.45) is 1.10. The van der Waals surface area contributed by atoms with Gasteiger partial charge in [0.05, 0.1) is 0 Å². The van der Waals surface area contributed by atoms with Gasteiger partial charge < -0.3 is 15.2 Å². The second kappa shape index (κ2) is 8.39. The number of nitrogens with one attached hydrogen (secondary N) is 1. The highest BCUT2D eigenvalue weighted by molar-refractivity contribution is 5.79. The first-order valence-corrected chi connectivity index (χ1v) is 10.0. The van der Waals surface area contributed by atoms with Gasteiger partial charge in [-0.05, 0) is 52.8 Å². The first-order valence-electron chi connectivity index (χ1n) is 10.0. The van der Waals surface area contributed by atoms with Crippen molar-refractivity contribution in [3.8, 4) is 16.9 Å². The van der Waals surface area contributed by atoms with Gasteiger partial charge >= 0.3 is 6.09 Å². The molecule has 1 amide bonds. The van der Waals surface area contributed by atoms with Crippen LogP contribution in [-0.2, 0) is 11.2 Å². The number of amides is 1. The molecule has 4 heteroatoms. The Morgan fingerprint density at radius 2 is 1.55 bits per heavy atom. The zero-order chi connectivity index (χ0) is 20.2. The van der Waals surface area contributed by atoms with Gasteiger partial charge in [-0.1, -0.05) is 67.6 Å². The van der Waals surface area contributed by atoms with Gasteiger partial charge in [0.25, 0.3) is 0 Å². The molecule has 0 saturated carbocycles. The fraction of sp³-hybridized carbons (Fsp3) is 0.240. The third kappa shape index (κ3) is 4.11. The van der Waals surface area contributed by atoms with Crippen LogP contribution in [0.1, 0.15) is 36.0 Å². The molecule has 0 fully saturated rings. The van der Waals surface area contributed by atoms with Crippen LogP contribution in [0, 0.1) is 0 Å². The van der Waals surface area contributed by atoms with E-state index in [2.05, 4.69) is 29.6 Å². The minimum absolute atomic E-state index is 0.0183. The Labute approximate surface area is 171 Å². The third-order valence-corrected chi connectivity index (χ3v) is 5.58. The maximum Gasteiger partial charge on any atom is 0.407 e. The largest absolute Gasteiger partial charge is 0.508 e. The number of alkyl carbamates (subject to hydrolysis) is 1. The predicted octanol–water partition coefficient (Wildman–Crippen LogP) is 5.25. The number of aromatic hydroxyl groups is 1. The van der Waals surface area contributed by atoms with Crippen LogP contribution >= 0.6 is 0 Å². The SMILES string of the molecule is CCC(Cc1ccc(O)cc1)NC(=O)OCC1c2ccccc2-c2ccccc21. The van der Waals surface area contributed by atoms with E-state index in [0.717, 1.165) is 12.0 Å². The summed E-state index contributed by atoms with van der Waals surface area (Å²) < 4.78 is 5.64. The summed E-state index contributed by atoms with van der Waals surface area (Å²) in [6.45, 7) is 2.35. The van der Waals surface area contributed by atoms with E-state index in [-0.39, 0.29) is 17.7 Å². The van der Waals surface area contributed by atoms with Gasteiger partial charge in [0.15, 0.2) is 0 Å². The van der Waals surface area contributed by atoms with Crippen molar-refractivity contribution in [2.75, 3.05) is 6.61 Å². The van der Waals surface area contributed by atoms with Crippen molar-refractivity contribution < 1.29 is 14.6 Å². The molecule has 148 valence electrons. The Morgan fingerprint density at radius 3 is 2.14 bits per heavy atom. The van der Waals surface area contributed by atoms with Crippen LogP contribution in [0.15, 0.2) is 72.8 Å². The molecule has 0 radical (unpaired) electrons. The van der Waals surface area contributed by atoms with Crippen LogP contribution in [0.3, 0.4) is 0 Å². The topological polar surface area (TPSA) is 58.6 Å². The maximum absolute atomic E-state index is 12.5. The Hall–Kier alpha value is -3.27. The summed E-state index contributed by atoms with van der Waals surface area (Å²) in [5.74, 6) is 0.302. The van der Waals surface area contributed by atoms with Crippen molar-refractivity contribution in [3.63, 3.8) is 0 Å². The van der Waals surface area contributed by atoms with Crippen molar-refractivity contribution in [2.45, 2.75) is 31.7 Å². The number of phenolic OH excluding ortho intramolecular Hbond substituents is 1. The molecule has 4 nitrogen and oxygen atoms in total. The van der Waals surface area contributed by atoms with E-state index in [1.54, 1.807) is 12.1 Å². The third-order valence-electron chi connectivity index (χ3n) is 5.58. The molecule has 1 aliphatic carbocycles. The molecular weight excluding hydrogens is 362 g/mol. The van der Waals surface area contributed by atoms with Gasteiger partial charge in [0, 0.05) is 12.0 Å². The van der Waals surface area contributed by atoms with E-state index in [1.165, 1.54) is 22.3 Å². The van der Waals surface area contributed by atoms with E-state index in [4.69, 9.17) is 4.74 Å². The van der Waals surface area contributed by atoms with Crippen molar-refractivity contribution >= 4 is 6.09 Å². The van der Waals surface area contributed by atoms with Crippen LogP contribution in [0.2, 0.25) is 0 Å². The molecule has 29 heavy (non-hydrogen) atoms. The van der Waals surface area contributed by atoms with E-state index < -0.39 is 6.09 Å². The second-order valence-corrected chi connectivity index (χ2v) is 7.45. The molecule has 0 spiro atoms. The van der Waals surface area contributed by atoms with Gasteiger partial charge in [-0.15, -0.1) is 0 Å². The Balaban J connectivity index is 1.40. The van der Waals surface area contributed by atoms with Crippen molar-refractivity contribution in [1.82, 2.24) is 5.32 Å². The molecule has 1 aliphatic rings. The number of benzene rings is 3. The lowest BCUT2D eigenvalue weighted by atomic mass is 9.98. The van der Waals surface area contributed by atoms with Crippen molar-refractivity contribution in [2.24, 2.45) is 0 Å². The average molecular weight is 387 g/mol. The first-order chi connectivity index (χ1) is 14.2. The lowest BCUT2D eigenvalue weighted by molar-refractivity contribution is 0.138. The standard InChI is InChI=1S/C25H25NO3/c1-2-18(15-17-11-13-19(27)14-12-17)26-25(28)29-16-24-22-9-5-3-7-20(22)21-8-4-6-10-23(21)24/h3-14,18,24,27H,2,15-16H2,1H3,(H,26,28). The monoisotopic (exact) mass is 387 g/mol. The molecule has 4 rings (SSSR count). The van der Waals surface area contributed by atoms with Crippen LogP contribution in [0.25, 0.3) is 11.1 Å². The molecule has 0 aliphatic heterocycles. The number of carbonyl (C=O) groups excluding carboxylic acids is 1. The summed E-state index contributed by atoms with van der Waals surface area (Å²) in [7, 11) is 0. The van der Waals surface area contributed by atoms with Crippen LogP contribution in [0.5, 0.6) is 5.75 Å². The van der Waals surface area contributed by atoms with Gasteiger partial charge in [-0.25, -0.2) is 4.79 Å². The quantitative estimate of drug-likeness (QED) is 0.607. The molecule has 3 aromatic carbocycles. The van der Waals surface area contributed by atoms with Crippen LogP contribution in [-0.4, -0.2) is 23.8 Å². The number of rotatable bonds is 6. The lowest BCUT2D eigenvalue weighted by Crippen LogP contribution is -2.37. The first kappa shape index (κ1) is 19.1. The summed E-state index contributed by atoms with van der Waals surface area (Å²) in [4.78, 5) is 12.5. The molecule has 1 atom stereocenters. The lowest BCUT2D eigenvalue weighted by Gasteiger charge is -2.19. The highest BCUT2D eigenvalue weighted by Crippen LogP contribution is 2.44. The molecule has 0 aromatic heterocycles. The Morgan fingerprint density at radius 1 is 0.966 bits per heavy atom. The fourth-order valence-electron chi connectivity index (χ4n) is 4.02. The van der Waals surface area contributed by atoms with Gasteiger partial charge in [-0.2, -0.15) is 0 Å². The van der Waals surface area contributed by atoms with Gasteiger partial charge in [-0.3, -0.25) is 0 Å².